The summed E-state index contributed by atoms with van der Waals surface area (Å²) in [7, 11) is 0. The van der Waals surface area contributed by atoms with Crippen LogP contribution < -0.4 is 4.74 Å². The molecule has 7 nitrogen and oxygen atoms in total. The Morgan fingerprint density at radius 3 is 3.09 bits per heavy atom. The van der Waals surface area contributed by atoms with Gasteiger partial charge in [-0.3, -0.25) is 4.79 Å². The molecule has 0 aliphatic carbocycles. The van der Waals surface area contributed by atoms with E-state index in [0.29, 0.717) is 36.3 Å². The van der Waals surface area contributed by atoms with Gasteiger partial charge in [-0.2, -0.15) is 4.98 Å². The molecule has 0 N–H and O–H groups in total. The second-order valence-corrected chi connectivity index (χ2v) is 5.11. The number of hydrogen-bond acceptors (Lipinski definition) is 6. The highest BCUT2D eigenvalue weighted by Gasteiger charge is 2.28. The Morgan fingerprint density at radius 2 is 2.32 bits per heavy atom. The van der Waals surface area contributed by atoms with Gasteiger partial charge < -0.3 is 18.9 Å². The van der Waals surface area contributed by atoms with Crippen molar-refractivity contribution in [2.24, 2.45) is 0 Å². The number of amides is 1. The van der Waals surface area contributed by atoms with Crippen molar-refractivity contribution < 1.29 is 18.8 Å². The van der Waals surface area contributed by atoms with E-state index in [1.165, 1.54) is 6.39 Å². The molecule has 1 fully saturated rings. The first kappa shape index (κ1) is 14.8. The van der Waals surface area contributed by atoms with Crippen LogP contribution in [0.5, 0.6) is 5.75 Å². The zero-order valence-corrected chi connectivity index (χ0v) is 12.4. The normalized spacial score (nSPS) is 18.2. The molecule has 1 unspecified atom stereocenters. The Labute approximate surface area is 131 Å². The van der Waals surface area contributed by atoms with Gasteiger partial charge in [-0.05, 0) is 12.1 Å². The molecule has 1 atom stereocenters. The second kappa shape index (κ2) is 6.76. The molecule has 1 aliphatic heterocycles. The van der Waals surface area contributed by atoms with Gasteiger partial charge in [-0.15, -0.1) is 0 Å². The van der Waals surface area contributed by atoms with Gasteiger partial charge in [0.05, 0.1) is 18.2 Å². The fourth-order valence-electron chi connectivity index (χ4n) is 2.15. The average molecular weight is 324 g/mol. The molecule has 1 aliphatic rings. The summed E-state index contributed by atoms with van der Waals surface area (Å²) in [6.45, 7) is 1.20. The van der Waals surface area contributed by atoms with Crippen LogP contribution in [-0.2, 0) is 9.53 Å². The third-order valence-corrected chi connectivity index (χ3v) is 3.59. The zero-order chi connectivity index (χ0) is 15.4. The Balaban J connectivity index is 1.57. The predicted octanol–water partition coefficient (Wildman–Crippen LogP) is 1.70. The maximum Gasteiger partial charge on any atom is 0.260 e. The number of carbonyl (C=O) groups excluding carboxylic acids is 1. The van der Waals surface area contributed by atoms with Crippen molar-refractivity contribution in [1.29, 1.82) is 0 Å². The van der Waals surface area contributed by atoms with Gasteiger partial charge in [-0.25, -0.2) is 0 Å². The number of halogens is 1. The molecule has 8 heteroatoms. The molecule has 2 heterocycles. The molecule has 1 aromatic heterocycles. The fraction of sp³-hybridized carbons (Fsp3) is 0.357. The van der Waals surface area contributed by atoms with E-state index in [-0.39, 0.29) is 18.6 Å². The van der Waals surface area contributed by atoms with E-state index in [1.807, 2.05) is 0 Å². The largest absolute Gasteiger partial charge is 0.482 e. The quantitative estimate of drug-likeness (QED) is 0.852. The molecular formula is C14H14ClN3O4. The molecular weight excluding hydrogens is 310 g/mol. The minimum atomic E-state index is -0.378. The molecule has 0 spiro atoms. The van der Waals surface area contributed by atoms with Gasteiger partial charge >= 0.3 is 0 Å². The highest BCUT2D eigenvalue weighted by molar-refractivity contribution is 6.32. The highest BCUT2D eigenvalue weighted by atomic mass is 35.5. The molecule has 1 amide bonds. The SMILES string of the molecule is O=C(COc1ccccc1Cl)N1CCOC(c2ncon2)C1. The van der Waals surface area contributed by atoms with Crippen molar-refractivity contribution in [3.63, 3.8) is 0 Å². The van der Waals surface area contributed by atoms with Crippen LogP contribution in [0.25, 0.3) is 0 Å². The van der Waals surface area contributed by atoms with Crippen molar-refractivity contribution in [3.8, 4) is 5.75 Å². The van der Waals surface area contributed by atoms with Crippen molar-refractivity contribution in [2.45, 2.75) is 6.10 Å². The first-order chi connectivity index (χ1) is 10.7. The summed E-state index contributed by atoms with van der Waals surface area (Å²) in [5, 5.41) is 4.22. The average Bonchev–Trinajstić information content (AvgIpc) is 3.08. The summed E-state index contributed by atoms with van der Waals surface area (Å²) < 4.78 is 15.7. The first-order valence-electron chi connectivity index (χ1n) is 6.77. The van der Waals surface area contributed by atoms with Crippen molar-refractivity contribution >= 4 is 17.5 Å². The van der Waals surface area contributed by atoms with Crippen LogP contribution in [0.15, 0.2) is 35.2 Å². The third kappa shape index (κ3) is 3.37. The van der Waals surface area contributed by atoms with Gasteiger partial charge in [-0.1, -0.05) is 28.9 Å². The lowest BCUT2D eigenvalue weighted by atomic mass is 10.2. The highest BCUT2D eigenvalue weighted by Crippen LogP contribution is 2.23. The Bertz CT molecular complexity index is 635. The van der Waals surface area contributed by atoms with Gasteiger partial charge in [0.25, 0.3) is 5.91 Å². The summed E-state index contributed by atoms with van der Waals surface area (Å²) >= 11 is 5.99. The number of hydrogen-bond donors (Lipinski definition) is 0. The van der Waals surface area contributed by atoms with Gasteiger partial charge in [0, 0.05) is 6.54 Å². The van der Waals surface area contributed by atoms with Crippen LogP contribution in [-0.4, -0.2) is 47.3 Å². The lowest BCUT2D eigenvalue weighted by Gasteiger charge is -2.31. The van der Waals surface area contributed by atoms with E-state index in [9.17, 15) is 4.79 Å². The smallest absolute Gasteiger partial charge is 0.260 e. The molecule has 0 bridgehead atoms. The van der Waals surface area contributed by atoms with Crippen LogP contribution in [0.4, 0.5) is 0 Å². The number of carbonyl (C=O) groups is 1. The Morgan fingerprint density at radius 1 is 1.45 bits per heavy atom. The Kier molecular flexibility index (Phi) is 4.55. The molecule has 1 aromatic carbocycles. The minimum absolute atomic E-state index is 0.0807. The maximum atomic E-state index is 12.2. The van der Waals surface area contributed by atoms with Crippen LogP contribution in [0.3, 0.4) is 0 Å². The van der Waals surface area contributed by atoms with Crippen LogP contribution >= 0.6 is 11.6 Å². The first-order valence-corrected chi connectivity index (χ1v) is 7.15. The van der Waals surface area contributed by atoms with Gasteiger partial charge in [0.1, 0.15) is 11.9 Å². The van der Waals surface area contributed by atoms with E-state index in [1.54, 1.807) is 29.2 Å². The summed E-state index contributed by atoms with van der Waals surface area (Å²) in [5.74, 6) is 0.779. The molecule has 2 aromatic rings. The molecule has 22 heavy (non-hydrogen) atoms. The lowest BCUT2D eigenvalue weighted by molar-refractivity contribution is -0.141. The molecule has 0 saturated carbocycles. The van der Waals surface area contributed by atoms with Crippen molar-refractivity contribution in [1.82, 2.24) is 15.0 Å². The molecule has 0 radical (unpaired) electrons. The number of para-hydroxylation sites is 1. The summed E-state index contributed by atoms with van der Waals surface area (Å²) in [4.78, 5) is 17.8. The summed E-state index contributed by atoms with van der Waals surface area (Å²) in [6, 6.07) is 7.03. The molecule has 3 rings (SSSR count). The van der Waals surface area contributed by atoms with Gasteiger partial charge in [0.2, 0.25) is 12.2 Å². The molecule has 116 valence electrons. The van der Waals surface area contributed by atoms with Crippen molar-refractivity contribution in [3.05, 3.63) is 41.5 Å². The van der Waals surface area contributed by atoms with E-state index in [2.05, 4.69) is 10.1 Å². The van der Waals surface area contributed by atoms with E-state index in [4.69, 9.17) is 25.6 Å². The maximum absolute atomic E-state index is 12.2. The molecule has 1 saturated heterocycles. The van der Waals surface area contributed by atoms with E-state index >= 15 is 0 Å². The van der Waals surface area contributed by atoms with Crippen LogP contribution in [0.1, 0.15) is 11.9 Å². The zero-order valence-electron chi connectivity index (χ0n) is 11.6. The topological polar surface area (TPSA) is 77.7 Å². The minimum Gasteiger partial charge on any atom is -0.482 e. The van der Waals surface area contributed by atoms with E-state index < -0.39 is 0 Å². The van der Waals surface area contributed by atoms with Crippen molar-refractivity contribution in [2.75, 3.05) is 26.3 Å². The second-order valence-electron chi connectivity index (χ2n) is 4.71. The number of ether oxygens (including phenoxy) is 2. The third-order valence-electron chi connectivity index (χ3n) is 3.27. The summed E-state index contributed by atoms with van der Waals surface area (Å²) in [6.07, 6.45) is 0.858. The fourth-order valence-corrected chi connectivity index (χ4v) is 2.34. The van der Waals surface area contributed by atoms with Crippen LogP contribution in [0, 0.1) is 0 Å². The number of nitrogens with zero attached hydrogens (tertiary/aromatic N) is 3. The summed E-state index contributed by atoms with van der Waals surface area (Å²) in [5.41, 5.74) is 0. The number of rotatable bonds is 4. The monoisotopic (exact) mass is 323 g/mol. The number of morpholine rings is 1. The lowest BCUT2D eigenvalue weighted by Crippen LogP contribution is -2.44. The number of benzene rings is 1. The number of aromatic nitrogens is 2. The predicted molar refractivity (Wildman–Crippen MR) is 76.5 cm³/mol. The van der Waals surface area contributed by atoms with Crippen LogP contribution in [0.2, 0.25) is 5.02 Å². The standard InChI is InChI=1S/C14H14ClN3O4/c15-10-3-1-2-4-11(10)21-8-13(19)18-5-6-20-12(7-18)14-16-9-22-17-14/h1-4,9,12H,5-8H2. The Hall–Kier alpha value is -2.12. The van der Waals surface area contributed by atoms with Gasteiger partial charge in [0.15, 0.2) is 6.61 Å². The van der Waals surface area contributed by atoms with E-state index in [0.717, 1.165) is 0 Å².